The average Bonchev–Trinajstić information content (AvgIpc) is 3.38. The average molecular weight is 633 g/mol. The SMILES string of the molecule is CCN1CC2CC1CN2C(=O)C1(Cn2c(-c3ccc(OC)cc3)c(C3CCCCC3)c3ccc(C(=O)NS(C)(=O)=O)cc32)CC1. The third-order valence-corrected chi connectivity index (χ3v) is 11.4. The van der Waals surface area contributed by atoms with E-state index in [0.29, 0.717) is 18.5 Å². The molecular weight excluding hydrogens is 588 g/mol. The quantitative estimate of drug-likeness (QED) is 0.351. The lowest BCUT2D eigenvalue weighted by atomic mass is 9.81. The molecule has 2 saturated carbocycles. The molecule has 240 valence electrons. The van der Waals surface area contributed by atoms with Gasteiger partial charge in [-0.3, -0.25) is 14.5 Å². The molecule has 2 aliphatic heterocycles. The predicted octanol–water partition coefficient (Wildman–Crippen LogP) is 5.14. The molecule has 2 amide bonds. The van der Waals surface area contributed by atoms with Crippen LogP contribution in [-0.4, -0.2) is 79.7 Å². The Labute approximate surface area is 265 Å². The fourth-order valence-corrected chi connectivity index (χ4v) is 8.81. The van der Waals surface area contributed by atoms with Gasteiger partial charge in [0.2, 0.25) is 15.9 Å². The highest BCUT2D eigenvalue weighted by molar-refractivity contribution is 7.89. The molecule has 1 aromatic heterocycles. The Hall–Kier alpha value is -3.37. The number of fused-ring (bicyclic) bond motifs is 3. The molecule has 2 saturated heterocycles. The number of carbonyl (C=O) groups excluding carboxylic acids is 2. The lowest BCUT2D eigenvalue weighted by Gasteiger charge is -2.36. The van der Waals surface area contributed by atoms with Gasteiger partial charge in [-0.15, -0.1) is 0 Å². The molecule has 4 fully saturated rings. The van der Waals surface area contributed by atoms with Crippen LogP contribution in [0.25, 0.3) is 22.2 Å². The Bertz CT molecular complexity index is 1740. The Balaban J connectivity index is 1.36. The van der Waals surface area contributed by atoms with Crippen LogP contribution in [0.5, 0.6) is 5.75 Å². The summed E-state index contributed by atoms with van der Waals surface area (Å²) in [5.74, 6) is 0.747. The molecule has 0 spiro atoms. The van der Waals surface area contributed by atoms with Gasteiger partial charge in [0, 0.05) is 48.2 Å². The summed E-state index contributed by atoms with van der Waals surface area (Å²) in [7, 11) is -2.06. The van der Waals surface area contributed by atoms with Crippen molar-refractivity contribution in [3.05, 3.63) is 53.6 Å². The number of nitrogens with one attached hydrogen (secondary N) is 1. The lowest BCUT2D eigenvalue weighted by Crippen LogP contribution is -2.51. The van der Waals surface area contributed by atoms with E-state index in [1.165, 1.54) is 24.8 Å². The minimum atomic E-state index is -3.73. The van der Waals surface area contributed by atoms with Crippen LogP contribution >= 0.6 is 0 Å². The first kappa shape index (κ1) is 30.3. The van der Waals surface area contributed by atoms with E-state index in [9.17, 15) is 18.0 Å². The maximum atomic E-state index is 14.4. The van der Waals surface area contributed by atoms with Gasteiger partial charge < -0.3 is 14.2 Å². The Morgan fingerprint density at radius 2 is 1.73 bits per heavy atom. The normalized spacial score (nSPS) is 23.0. The summed E-state index contributed by atoms with van der Waals surface area (Å²) in [6.07, 6.45) is 9.48. The second-order valence-corrected chi connectivity index (χ2v) is 15.5. The molecule has 3 heterocycles. The number of amides is 2. The minimum Gasteiger partial charge on any atom is -0.497 e. The smallest absolute Gasteiger partial charge is 0.264 e. The Morgan fingerprint density at radius 3 is 2.33 bits per heavy atom. The number of nitrogens with zero attached hydrogens (tertiary/aromatic N) is 3. The van der Waals surface area contributed by atoms with Crippen molar-refractivity contribution in [1.29, 1.82) is 0 Å². The second-order valence-electron chi connectivity index (χ2n) is 13.7. The van der Waals surface area contributed by atoms with E-state index >= 15 is 0 Å². The highest BCUT2D eigenvalue weighted by atomic mass is 32.2. The number of rotatable bonds is 9. The monoisotopic (exact) mass is 632 g/mol. The van der Waals surface area contributed by atoms with E-state index in [-0.39, 0.29) is 17.5 Å². The molecule has 45 heavy (non-hydrogen) atoms. The first-order valence-electron chi connectivity index (χ1n) is 16.5. The van der Waals surface area contributed by atoms with Crippen molar-refractivity contribution >= 4 is 32.7 Å². The van der Waals surface area contributed by atoms with Gasteiger partial charge in [0.25, 0.3) is 5.91 Å². The number of likely N-dealkylation sites (tertiary alicyclic amines) is 2. The summed E-state index contributed by atoms with van der Waals surface area (Å²) in [6.45, 7) is 5.51. The van der Waals surface area contributed by atoms with Gasteiger partial charge >= 0.3 is 0 Å². The first-order chi connectivity index (χ1) is 21.6. The van der Waals surface area contributed by atoms with Gasteiger partial charge in [0.05, 0.1) is 24.5 Å². The summed E-state index contributed by atoms with van der Waals surface area (Å²) >= 11 is 0. The summed E-state index contributed by atoms with van der Waals surface area (Å²) in [5, 5.41) is 1.07. The summed E-state index contributed by atoms with van der Waals surface area (Å²) in [5.41, 5.74) is 4.10. The number of ether oxygens (including phenoxy) is 1. The molecule has 10 heteroatoms. The van der Waals surface area contributed by atoms with Crippen LogP contribution in [0.4, 0.5) is 0 Å². The zero-order valence-electron chi connectivity index (χ0n) is 26.5. The summed E-state index contributed by atoms with van der Waals surface area (Å²) in [6, 6.07) is 14.4. The van der Waals surface area contributed by atoms with E-state index in [2.05, 4.69) is 38.1 Å². The largest absolute Gasteiger partial charge is 0.497 e. The second kappa shape index (κ2) is 11.5. The van der Waals surface area contributed by atoms with Gasteiger partial charge in [-0.05, 0) is 92.1 Å². The van der Waals surface area contributed by atoms with Crippen LogP contribution in [0, 0.1) is 5.41 Å². The van der Waals surface area contributed by atoms with Gasteiger partial charge in [-0.2, -0.15) is 0 Å². The molecule has 7 rings (SSSR count). The standard InChI is InChI=1S/C35H44N4O5S/c1-4-37-20-27-19-26(37)21-38(27)34(41)35(16-17-35)22-39-30-18-25(33(40)36-45(3,42)43)12-15-29(30)31(23-8-6-5-7-9-23)32(39)24-10-13-28(44-2)14-11-24/h10-15,18,23,26-27H,4-9,16-17,19-22H2,1-3H3,(H,36,40). The van der Waals surface area contributed by atoms with Crippen molar-refractivity contribution in [1.82, 2.24) is 19.1 Å². The Kier molecular flexibility index (Phi) is 7.71. The molecule has 4 aliphatic rings. The highest BCUT2D eigenvalue weighted by Gasteiger charge is 2.56. The number of carbonyl (C=O) groups is 2. The number of benzene rings is 2. The molecule has 2 bridgehead atoms. The molecule has 2 unspecified atom stereocenters. The molecule has 2 atom stereocenters. The van der Waals surface area contributed by atoms with Crippen molar-refractivity contribution in [3.8, 4) is 17.0 Å². The zero-order chi connectivity index (χ0) is 31.5. The molecule has 3 aromatic rings. The molecule has 9 nitrogen and oxygen atoms in total. The number of sulfonamides is 1. The molecule has 2 aliphatic carbocycles. The fourth-order valence-electron chi connectivity index (χ4n) is 8.36. The van der Waals surface area contributed by atoms with Crippen molar-refractivity contribution in [2.75, 3.05) is 33.0 Å². The first-order valence-corrected chi connectivity index (χ1v) is 18.4. The topological polar surface area (TPSA) is 101 Å². The van der Waals surface area contributed by atoms with Crippen LogP contribution in [0.1, 0.15) is 80.1 Å². The summed E-state index contributed by atoms with van der Waals surface area (Å²) in [4.78, 5) is 32.1. The summed E-state index contributed by atoms with van der Waals surface area (Å²) < 4.78 is 33.8. The molecule has 1 N–H and O–H groups in total. The van der Waals surface area contributed by atoms with Crippen LogP contribution < -0.4 is 9.46 Å². The van der Waals surface area contributed by atoms with E-state index in [1.54, 1.807) is 13.2 Å². The number of piperazine rings is 1. The van der Waals surface area contributed by atoms with Crippen molar-refractivity contribution in [2.45, 2.75) is 82.8 Å². The van der Waals surface area contributed by atoms with Gasteiger partial charge in [-0.1, -0.05) is 32.3 Å². The molecule has 0 radical (unpaired) electrons. The van der Waals surface area contributed by atoms with Crippen LogP contribution in [0.15, 0.2) is 42.5 Å². The van der Waals surface area contributed by atoms with Gasteiger partial charge in [-0.25, -0.2) is 13.1 Å². The van der Waals surface area contributed by atoms with E-state index < -0.39 is 21.3 Å². The number of aromatic nitrogens is 1. The van der Waals surface area contributed by atoms with Crippen LogP contribution in [-0.2, 0) is 21.4 Å². The predicted molar refractivity (Wildman–Crippen MR) is 175 cm³/mol. The highest BCUT2D eigenvalue weighted by Crippen LogP contribution is 2.53. The molecule has 2 aromatic carbocycles. The van der Waals surface area contributed by atoms with Crippen LogP contribution in [0.2, 0.25) is 0 Å². The maximum Gasteiger partial charge on any atom is 0.264 e. The van der Waals surface area contributed by atoms with Gasteiger partial charge in [0.1, 0.15) is 5.75 Å². The third kappa shape index (κ3) is 5.54. The fraction of sp³-hybridized carbons (Fsp3) is 0.543. The van der Waals surface area contributed by atoms with E-state index in [0.717, 1.165) is 85.9 Å². The zero-order valence-corrected chi connectivity index (χ0v) is 27.4. The van der Waals surface area contributed by atoms with E-state index in [1.807, 2.05) is 24.3 Å². The number of hydrogen-bond donors (Lipinski definition) is 1. The number of methoxy groups -OCH3 is 1. The van der Waals surface area contributed by atoms with Gasteiger partial charge in [0.15, 0.2) is 0 Å². The molecular formula is C35H44N4O5S. The van der Waals surface area contributed by atoms with Crippen molar-refractivity contribution in [3.63, 3.8) is 0 Å². The number of hydrogen-bond acceptors (Lipinski definition) is 6. The lowest BCUT2D eigenvalue weighted by molar-refractivity contribution is -0.140. The Morgan fingerprint density at radius 1 is 1.00 bits per heavy atom. The third-order valence-electron chi connectivity index (χ3n) is 10.8. The van der Waals surface area contributed by atoms with E-state index in [4.69, 9.17) is 4.74 Å². The minimum absolute atomic E-state index is 0.262. The van der Waals surface area contributed by atoms with Crippen LogP contribution in [0.3, 0.4) is 0 Å². The maximum absolute atomic E-state index is 14.4. The van der Waals surface area contributed by atoms with Crippen molar-refractivity contribution < 1.29 is 22.7 Å². The van der Waals surface area contributed by atoms with Crippen molar-refractivity contribution in [2.24, 2.45) is 5.41 Å². The number of likely N-dealkylation sites (N-methyl/N-ethyl adjacent to an activating group) is 1.